The Morgan fingerprint density at radius 2 is 2.24 bits per heavy atom. The average molecular weight is 237 g/mol. The maximum Gasteiger partial charge on any atom is 0.271 e. The maximum absolute atomic E-state index is 11.7. The van der Waals surface area contributed by atoms with Crippen molar-refractivity contribution in [3.63, 3.8) is 0 Å². The lowest BCUT2D eigenvalue weighted by Gasteiger charge is -2.21. The first-order chi connectivity index (χ1) is 8.25. The van der Waals surface area contributed by atoms with Crippen LogP contribution in [-0.2, 0) is 4.74 Å². The Morgan fingerprint density at radius 1 is 1.47 bits per heavy atom. The summed E-state index contributed by atoms with van der Waals surface area (Å²) in [5.74, 6) is 0.211. The average Bonchev–Trinajstić information content (AvgIpc) is 2.38. The van der Waals surface area contributed by atoms with Gasteiger partial charge in [0.25, 0.3) is 11.5 Å². The molecule has 1 aliphatic heterocycles. The highest BCUT2D eigenvalue weighted by Crippen LogP contribution is 2.13. The number of aromatic amines is 1. The summed E-state index contributed by atoms with van der Waals surface area (Å²) in [6.07, 6.45) is 1.94. The number of carbonyl (C=O) groups excluding carboxylic acids is 1. The molecule has 1 fully saturated rings. The second kappa shape index (κ2) is 5.58. The van der Waals surface area contributed by atoms with Gasteiger partial charge in [0.1, 0.15) is 5.69 Å². The van der Waals surface area contributed by atoms with Crippen molar-refractivity contribution in [2.45, 2.75) is 12.8 Å². The van der Waals surface area contributed by atoms with Crippen LogP contribution in [0.1, 0.15) is 23.3 Å². The minimum absolute atomic E-state index is 0.233. The molecule has 1 aromatic rings. The lowest BCUT2D eigenvalue weighted by molar-refractivity contribution is 0.0642. The predicted octanol–water partition coefficient (Wildman–Crippen LogP) is -0.0737. The van der Waals surface area contributed by atoms with E-state index in [0.29, 0.717) is 12.5 Å². The molecule has 6 nitrogen and oxygen atoms in total. The van der Waals surface area contributed by atoms with Gasteiger partial charge in [0.15, 0.2) is 0 Å². The second-order valence-corrected chi connectivity index (χ2v) is 4.07. The molecule has 2 rings (SSSR count). The summed E-state index contributed by atoms with van der Waals surface area (Å²) in [6, 6.07) is 2.70. The SMILES string of the molecule is O=C(NCC1CCOCC1)c1ccc(=O)[nH]n1. The number of amides is 1. The molecule has 6 heteroatoms. The van der Waals surface area contributed by atoms with E-state index >= 15 is 0 Å². The molecule has 1 saturated heterocycles. The summed E-state index contributed by atoms with van der Waals surface area (Å²) < 4.78 is 5.24. The van der Waals surface area contributed by atoms with E-state index in [2.05, 4.69) is 15.5 Å². The molecule has 17 heavy (non-hydrogen) atoms. The molecule has 1 aromatic heterocycles. The molecule has 2 heterocycles. The Bertz CT molecular complexity index is 417. The Morgan fingerprint density at radius 3 is 2.88 bits per heavy atom. The van der Waals surface area contributed by atoms with Gasteiger partial charge in [0.05, 0.1) is 0 Å². The molecule has 0 atom stereocenters. The van der Waals surface area contributed by atoms with E-state index in [-0.39, 0.29) is 17.2 Å². The Labute approximate surface area is 98.4 Å². The van der Waals surface area contributed by atoms with Gasteiger partial charge in [0.2, 0.25) is 0 Å². The standard InChI is InChI=1S/C11H15N3O3/c15-10-2-1-9(13-14-10)11(16)12-7-8-3-5-17-6-4-8/h1-2,8H,3-7H2,(H,12,16)(H,14,15). The Balaban J connectivity index is 1.84. The summed E-state index contributed by atoms with van der Waals surface area (Å²) in [5.41, 5.74) is -0.0809. The molecule has 2 N–H and O–H groups in total. The summed E-state index contributed by atoms with van der Waals surface area (Å²) in [4.78, 5) is 22.5. The smallest absolute Gasteiger partial charge is 0.271 e. The first-order valence-corrected chi connectivity index (χ1v) is 5.67. The molecule has 1 aliphatic rings. The molecule has 92 valence electrons. The topological polar surface area (TPSA) is 84.1 Å². The van der Waals surface area contributed by atoms with E-state index in [1.54, 1.807) is 0 Å². The third-order valence-corrected chi connectivity index (χ3v) is 2.80. The monoisotopic (exact) mass is 237 g/mol. The molecule has 0 unspecified atom stereocenters. The lowest BCUT2D eigenvalue weighted by atomic mass is 10.0. The summed E-state index contributed by atoms with van der Waals surface area (Å²) in [7, 11) is 0. The zero-order valence-electron chi connectivity index (χ0n) is 9.44. The van der Waals surface area contributed by atoms with Crippen molar-refractivity contribution in [3.05, 3.63) is 28.2 Å². The van der Waals surface area contributed by atoms with E-state index in [1.165, 1.54) is 12.1 Å². The number of hydrogen-bond donors (Lipinski definition) is 2. The van der Waals surface area contributed by atoms with Gasteiger partial charge in [-0.2, -0.15) is 5.10 Å². The zero-order valence-corrected chi connectivity index (χ0v) is 9.44. The van der Waals surface area contributed by atoms with Crippen molar-refractivity contribution in [3.8, 4) is 0 Å². The molecular formula is C11H15N3O3. The van der Waals surface area contributed by atoms with Crippen LogP contribution in [-0.4, -0.2) is 35.9 Å². The maximum atomic E-state index is 11.7. The molecule has 1 amide bonds. The number of aromatic nitrogens is 2. The van der Waals surface area contributed by atoms with Gasteiger partial charge in [-0.15, -0.1) is 0 Å². The molecule has 0 radical (unpaired) electrons. The fraction of sp³-hybridized carbons (Fsp3) is 0.545. The van der Waals surface area contributed by atoms with Crippen LogP contribution in [0.25, 0.3) is 0 Å². The Kier molecular flexibility index (Phi) is 3.87. The highest BCUT2D eigenvalue weighted by Gasteiger charge is 2.15. The highest BCUT2D eigenvalue weighted by molar-refractivity contribution is 5.91. The first kappa shape index (κ1) is 11.8. The Hall–Kier alpha value is -1.69. The van der Waals surface area contributed by atoms with Crippen molar-refractivity contribution in [2.75, 3.05) is 19.8 Å². The van der Waals surface area contributed by atoms with Crippen molar-refractivity contribution < 1.29 is 9.53 Å². The number of rotatable bonds is 3. The minimum atomic E-state index is -0.314. The molecule has 0 saturated carbocycles. The fourth-order valence-electron chi connectivity index (χ4n) is 1.75. The van der Waals surface area contributed by atoms with Crippen molar-refractivity contribution in [1.29, 1.82) is 0 Å². The predicted molar refractivity (Wildman–Crippen MR) is 60.7 cm³/mol. The van der Waals surface area contributed by atoms with E-state index < -0.39 is 0 Å². The highest BCUT2D eigenvalue weighted by atomic mass is 16.5. The summed E-state index contributed by atoms with van der Waals surface area (Å²) >= 11 is 0. The van der Waals surface area contributed by atoms with Crippen LogP contribution < -0.4 is 10.9 Å². The van der Waals surface area contributed by atoms with Crippen LogP contribution in [0.3, 0.4) is 0 Å². The van der Waals surface area contributed by atoms with Crippen LogP contribution >= 0.6 is 0 Å². The fourth-order valence-corrected chi connectivity index (χ4v) is 1.75. The van der Waals surface area contributed by atoms with Gasteiger partial charge in [-0.1, -0.05) is 0 Å². The second-order valence-electron chi connectivity index (χ2n) is 4.07. The number of nitrogens with one attached hydrogen (secondary N) is 2. The molecule has 0 spiro atoms. The number of hydrogen-bond acceptors (Lipinski definition) is 4. The van der Waals surface area contributed by atoms with Crippen LogP contribution in [0.15, 0.2) is 16.9 Å². The number of nitrogens with zero attached hydrogens (tertiary/aromatic N) is 1. The van der Waals surface area contributed by atoms with Crippen LogP contribution in [0.5, 0.6) is 0 Å². The van der Waals surface area contributed by atoms with Crippen molar-refractivity contribution in [1.82, 2.24) is 15.5 Å². The van der Waals surface area contributed by atoms with Crippen LogP contribution in [0, 0.1) is 5.92 Å². The van der Waals surface area contributed by atoms with E-state index in [9.17, 15) is 9.59 Å². The molecule has 0 aromatic carbocycles. The van der Waals surface area contributed by atoms with Gasteiger partial charge in [-0.05, 0) is 24.8 Å². The first-order valence-electron chi connectivity index (χ1n) is 5.67. The quantitative estimate of drug-likeness (QED) is 0.770. The lowest BCUT2D eigenvalue weighted by Crippen LogP contribution is -2.33. The van der Waals surface area contributed by atoms with E-state index in [0.717, 1.165) is 26.1 Å². The molecule has 0 bridgehead atoms. The largest absolute Gasteiger partial charge is 0.381 e. The summed E-state index contributed by atoms with van der Waals surface area (Å²) in [6.45, 7) is 2.15. The minimum Gasteiger partial charge on any atom is -0.381 e. The third-order valence-electron chi connectivity index (χ3n) is 2.80. The van der Waals surface area contributed by atoms with Gasteiger partial charge in [-0.25, -0.2) is 5.10 Å². The zero-order chi connectivity index (χ0) is 12.1. The molecular weight excluding hydrogens is 222 g/mol. The number of H-pyrrole nitrogens is 1. The number of ether oxygens (including phenoxy) is 1. The van der Waals surface area contributed by atoms with Crippen molar-refractivity contribution >= 4 is 5.91 Å². The molecule has 0 aliphatic carbocycles. The van der Waals surface area contributed by atoms with E-state index in [4.69, 9.17) is 4.74 Å². The van der Waals surface area contributed by atoms with Gasteiger partial charge >= 0.3 is 0 Å². The number of carbonyl (C=O) groups is 1. The van der Waals surface area contributed by atoms with Gasteiger partial charge < -0.3 is 10.1 Å². The normalized spacial score (nSPS) is 16.7. The van der Waals surface area contributed by atoms with Gasteiger partial charge in [-0.3, -0.25) is 9.59 Å². The van der Waals surface area contributed by atoms with Crippen molar-refractivity contribution in [2.24, 2.45) is 5.92 Å². The van der Waals surface area contributed by atoms with Crippen LogP contribution in [0.2, 0.25) is 0 Å². The van der Waals surface area contributed by atoms with Crippen LogP contribution in [0.4, 0.5) is 0 Å². The third kappa shape index (κ3) is 3.39. The summed E-state index contributed by atoms with van der Waals surface area (Å²) in [5, 5.41) is 8.71. The van der Waals surface area contributed by atoms with Gasteiger partial charge in [0, 0.05) is 25.8 Å². The van der Waals surface area contributed by atoms with E-state index in [1.807, 2.05) is 0 Å².